The van der Waals surface area contributed by atoms with Crippen LogP contribution >= 0.6 is 0 Å². The smallest absolute Gasteiger partial charge is 0.385 e. The van der Waals surface area contributed by atoms with Crippen LogP contribution in [0, 0.1) is 0 Å². The van der Waals surface area contributed by atoms with E-state index in [1.54, 1.807) is 0 Å². The van der Waals surface area contributed by atoms with Crippen LogP contribution in [0.15, 0.2) is 21.6 Å². The predicted molar refractivity (Wildman–Crippen MR) is 67.6 cm³/mol. The summed E-state index contributed by atoms with van der Waals surface area (Å²) >= 11 is 0. The number of nitrogens with two attached hydrogens (primary N) is 1. The molecule has 0 aromatic carbocycles. The molecule has 0 radical (unpaired) electrons. The molecule has 1 aromatic rings. The van der Waals surface area contributed by atoms with Crippen LogP contribution in [0.25, 0.3) is 0 Å². The molecule has 0 fully saturated rings. The normalized spacial score (nSPS) is 22.4. The summed E-state index contributed by atoms with van der Waals surface area (Å²) in [4.78, 5) is 3.95. The van der Waals surface area contributed by atoms with Crippen molar-refractivity contribution >= 4 is 17.5 Å². The van der Waals surface area contributed by atoms with E-state index < -0.39 is 12.2 Å². The van der Waals surface area contributed by atoms with Gasteiger partial charge in [0.05, 0.1) is 6.42 Å². The third-order valence-electron chi connectivity index (χ3n) is 3.06. The van der Waals surface area contributed by atoms with Crippen LogP contribution in [-0.2, 0) is 6.42 Å². The number of fused-ring (bicyclic) bond motifs is 1. The number of hydrazone groups is 1. The largest absolute Gasteiger partial charge is 0.411 e. The fourth-order valence-electron chi connectivity index (χ4n) is 2.14. The van der Waals surface area contributed by atoms with Crippen LogP contribution in [0.2, 0.25) is 0 Å². The van der Waals surface area contributed by atoms with Gasteiger partial charge in [-0.05, 0) is 6.92 Å². The Hall–Kier alpha value is -2.46. The van der Waals surface area contributed by atoms with Crippen LogP contribution in [0.1, 0.15) is 19.2 Å². The lowest BCUT2D eigenvalue weighted by Crippen LogP contribution is -2.46. The van der Waals surface area contributed by atoms with Crippen LogP contribution in [0.4, 0.5) is 13.2 Å². The Morgan fingerprint density at radius 3 is 2.81 bits per heavy atom. The fraction of sp³-hybridized carbons (Fsp3) is 0.500. The van der Waals surface area contributed by atoms with Gasteiger partial charge in [0.1, 0.15) is 18.0 Å². The third kappa shape index (κ3) is 2.34. The van der Waals surface area contributed by atoms with Gasteiger partial charge in [0, 0.05) is 12.1 Å². The van der Waals surface area contributed by atoms with Gasteiger partial charge in [-0.3, -0.25) is 0 Å². The predicted octanol–water partition coefficient (Wildman–Crippen LogP) is 0.323. The number of amidine groups is 1. The maximum atomic E-state index is 13.1. The Balaban J connectivity index is 2.07. The number of aromatic nitrogens is 3. The first kappa shape index (κ1) is 13.5. The topological polar surface area (TPSA) is 97.1 Å². The molecule has 0 spiro atoms. The van der Waals surface area contributed by atoms with Gasteiger partial charge in [-0.1, -0.05) is 0 Å². The van der Waals surface area contributed by atoms with E-state index in [1.165, 1.54) is 17.9 Å². The van der Waals surface area contributed by atoms with Crippen molar-refractivity contribution in [1.29, 1.82) is 0 Å². The van der Waals surface area contributed by atoms with Crippen LogP contribution in [-0.4, -0.2) is 49.5 Å². The van der Waals surface area contributed by atoms with Crippen molar-refractivity contribution in [2.75, 3.05) is 0 Å². The molecule has 3 rings (SSSR count). The molecule has 2 aliphatic rings. The first-order valence-electron chi connectivity index (χ1n) is 6.05. The molecule has 0 saturated carbocycles. The first-order chi connectivity index (χ1) is 9.86. The number of alkyl halides is 3. The van der Waals surface area contributed by atoms with E-state index in [0.29, 0.717) is 11.5 Å². The lowest BCUT2D eigenvalue weighted by atomic mass is 10.1. The summed E-state index contributed by atoms with van der Waals surface area (Å²) in [5.41, 5.74) is 5.95. The van der Waals surface area contributed by atoms with Gasteiger partial charge in [0.15, 0.2) is 6.04 Å². The van der Waals surface area contributed by atoms with Gasteiger partial charge in [0.2, 0.25) is 0 Å². The minimum absolute atomic E-state index is 0.141. The van der Waals surface area contributed by atoms with Crippen molar-refractivity contribution in [3.05, 3.63) is 12.2 Å². The van der Waals surface area contributed by atoms with Crippen molar-refractivity contribution < 1.29 is 13.2 Å². The minimum atomic E-state index is -4.45. The van der Waals surface area contributed by atoms with E-state index in [0.717, 1.165) is 5.01 Å². The highest BCUT2D eigenvalue weighted by Crippen LogP contribution is 2.32. The van der Waals surface area contributed by atoms with E-state index in [1.807, 2.05) is 0 Å². The van der Waals surface area contributed by atoms with Crippen molar-refractivity contribution in [3.8, 4) is 0 Å². The Morgan fingerprint density at radius 1 is 1.33 bits per heavy atom. The second-order valence-corrected chi connectivity index (χ2v) is 4.70. The highest BCUT2D eigenvalue weighted by Gasteiger charge is 2.49. The molecule has 2 aliphatic heterocycles. The zero-order valence-electron chi connectivity index (χ0n) is 10.9. The number of halogens is 3. The molecule has 1 aromatic heterocycles. The molecule has 0 aliphatic carbocycles. The Kier molecular flexibility index (Phi) is 2.92. The van der Waals surface area contributed by atoms with Gasteiger partial charge < -0.3 is 5.73 Å². The fourth-order valence-corrected chi connectivity index (χ4v) is 2.14. The van der Waals surface area contributed by atoms with E-state index in [9.17, 15) is 13.2 Å². The summed E-state index contributed by atoms with van der Waals surface area (Å²) in [5, 5.41) is 16.0. The molecule has 2 N–H and O–H groups in total. The van der Waals surface area contributed by atoms with Gasteiger partial charge in [-0.15, -0.1) is 10.2 Å². The van der Waals surface area contributed by atoms with E-state index in [4.69, 9.17) is 5.73 Å². The Bertz CT molecular complexity index is 656. The van der Waals surface area contributed by atoms with Gasteiger partial charge in [-0.25, -0.2) is 9.99 Å². The second kappa shape index (κ2) is 4.53. The second-order valence-electron chi connectivity index (χ2n) is 4.70. The standard InChI is InChI=1S/C10H11F3N8/c1-5-2-6(10(11,12)13)20(19-5)9-18-17-7(14)3-8-15-4-16-21(8)9/h4,6H,2-3H2,1H3,(H2,14,17)/t6-/m1/s1. The summed E-state index contributed by atoms with van der Waals surface area (Å²) in [7, 11) is 0. The minimum Gasteiger partial charge on any atom is -0.385 e. The summed E-state index contributed by atoms with van der Waals surface area (Å²) in [6.07, 6.45) is -3.31. The number of nitrogens with zero attached hydrogens (tertiary/aromatic N) is 7. The molecule has 11 heteroatoms. The van der Waals surface area contributed by atoms with E-state index in [2.05, 4.69) is 25.4 Å². The molecule has 0 unspecified atom stereocenters. The SMILES string of the molecule is CC1=NN(C2=NN=C(N)Cc3ncnn32)[C@@H](C(F)(F)F)C1. The van der Waals surface area contributed by atoms with Gasteiger partial charge in [-0.2, -0.15) is 28.1 Å². The molecule has 0 amide bonds. The van der Waals surface area contributed by atoms with E-state index >= 15 is 0 Å². The average Bonchev–Trinajstić information content (AvgIpc) is 2.94. The van der Waals surface area contributed by atoms with Gasteiger partial charge in [0.25, 0.3) is 5.96 Å². The molecule has 0 saturated heterocycles. The highest BCUT2D eigenvalue weighted by atomic mass is 19.4. The van der Waals surface area contributed by atoms with E-state index in [-0.39, 0.29) is 24.6 Å². The number of hydrogen-bond acceptors (Lipinski definition) is 7. The summed E-state index contributed by atoms with van der Waals surface area (Å²) < 4.78 is 40.6. The first-order valence-corrected chi connectivity index (χ1v) is 6.05. The molecule has 21 heavy (non-hydrogen) atoms. The average molecular weight is 300 g/mol. The molecule has 3 heterocycles. The molecule has 8 nitrogen and oxygen atoms in total. The van der Waals surface area contributed by atoms with Gasteiger partial charge >= 0.3 is 6.18 Å². The maximum Gasteiger partial charge on any atom is 0.411 e. The molecular weight excluding hydrogens is 289 g/mol. The van der Waals surface area contributed by atoms with Crippen molar-refractivity contribution in [2.45, 2.75) is 32.0 Å². The summed E-state index contributed by atoms with van der Waals surface area (Å²) in [5.74, 6) is 0.331. The lowest BCUT2D eigenvalue weighted by Gasteiger charge is -2.25. The van der Waals surface area contributed by atoms with Crippen molar-refractivity contribution in [1.82, 2.24) is 19.8 Å². The van der Waals surface area contributed by atoms with Crippen molar-refractivity contribution in [3.63, 3.8) is 0 Å². The molecule has 0 bridgehead atoms. The summed E-state index contributed by atoms with van der Waals surface area (Å²) in [6.45, 7) is 1.52. The number of hydrogen-bond donors (Lipinski definition) is 1. The summed E-state index contributed by atoms with van der Waals surface area (Å²) in [6, 6.07) is -1.80. The number of rotatable bonds is 0. The third-order valence-corrected chi connectivity index (χ3v) is 3.06. The highest BCUT2D eigenvalue weighted by molar-refractivity contribution is 5.92. The van der Waals surface area contributed by atoms with Crippen molar-refractivity contribution in [2.24, 2.45) is 21.0 Å². The van der Waals surface area contributed by atoms with Crippen LogP contribution in [0.3, 0.4) is 0 Å². The maximum absolute atomic E-state index is 13.1. The van der Waals surface area contributed by atoms with Crippen LogP contribution < -0.4 is 5.73 Å². The Labute approximate surface area is 116 Å². The molecule has 1 atom stereocenters. The zero-order valence-corrected chi connectivity index (χ0v) is 10.9. The monoisotopic (exact) mass is 300 g/mol. The zero-order chi connectivity index (χ0) is 15.2. The molecular formula is C10H11F3N8. The Morgan fingerprint density at radius 2 is 2.10 bits per heavy atom. The molecule has 112 valence electrons. The van der Waals surface area contributed by atoms with Crippen LogP contribution in [0.5, 0.6) is 0 Å². The lowest BCUT2D eigenvalue weighted by molar-refractivity contribution is -0.169. The quantitative estimate of drug-likeness (QED) is 0.746.